The third kappa shape index (κ3) is 3.93. The second-order valence-corrected chi connectivity index (χ2v) is 6.13. The van der Waals surface area contributed by atoms with Crippen molar-refractivity contribution in [2.45, 2.75) is 52.7 Å². The molecule has 0 aliphatic carbocycles. The lowest BCUT2D eigenvalue weighted by Crippen LogP contribution is -2.22. The minimum absolute atomic E-state index is 0.0288. The van der Waals surface area contributed by atoms with E-state index in [1.807, 2.05) is 17.1 Å². The van der Waals surface area contributed by atoms with E-state index in [1.54, 1.807) is 16.7 Å². The second-order valence-electron chi connectivity index (χ2n) is 6.13. The average molecular weight is 289 g/mol. The Hall–Kier alpha value is -2.11. The van der Waals surface area contributed by atoms with Gasteiger partial charge in [0, 0.05) is 18.8 Å². The van der Waals surface area contributed by atoms with Gasteiger partial charge in [0.15, 0.2) is 0 Å². The molecule has 0 unspecified atom stereocenters. The Balaban J connectivity index is 2.04. The highest BCUT2D eigenvalue weighted by Gasteiger charge is 2.14. The summed E-state index contributed by atoms with van der Waals surface area (Å²) >= 11 is 0. The lowest BCUT2D eigenvalue weighted by molar-refractivity contribution is 0.347. The summed E-state index contributed by atoms with van der Waals surface area (Å²) in [6.07, 6.45) is 4.72. The van der Waals surface area contributed by atoms with E-state index >= 15 is 0 Å². The van der Waals surface area contributed by atoms with Crippen LogP contribution in [0.4, 0.5) is 5.69 Å². The average Bonchev–Trinajstić information content (AvgIpc) is 2.89. The summed E-state index contributed by atoms with van der Waals surface area (Å²) < 4.78 is 3.57. The minimum Gasteiger partial charge on any atom is -0.378 e. The molecule has 0 fully saturated rings. The van der Waals surface area contributed by atoms with Crippen LogP contribution in [0.25, 0.3) is 0 Å². The molecule has 114 valence electrons. The van der Waals surface area contributed by atoms with Gasteiger partial charge in [0.1, 0.15) is 5.69 Å². The maximum absolute atomic E-state index is 11.7. The van der Waals surface area contributed by atoms with Gasteiger partial charge in [-0.05, 0) is 33.3 Å². The zero-order valence-electron chi connectivity index (χ0n) is 13.1. The molecule has 1 N–H and O–H groups in total. The Morgan fingerprint density at radius 3 is 2.62 bits per heavy atom. The molecule has 2 aromatic rings. The van der Waals surface area contributed by atoms with Gasteiger partial charge in [0.05, 0.1) is 24.0 Å². The van der Waals surface area contributed by atoms with E-state index in [0.717, 1.165) is 24.3 Å². The van der Waals surface area contributed by atoms with Crippen molar-refractivity contribution in [2.75, 3.05) is 5.32 Å². The Morgan fingerprint density at radius 2 is 2.00 bits per heavy atom. The lowest BCUT2D eigenvalue weighted by atomic mass is 10.1. The fourth-order valence-corrected chi connectivity index (χ4v) is 1.95. The number of hydrogen-bond acceptors (Lipinski definition) is 4. The second kappa shape index (κ2) is 6.11. The van der Waals surface area contributed by atoms with E-state index < -0.39 is 0 Å². The normalized spacial score (nSPS) is 11.6. The Bertz CT molecular complexity index is 651. The van der Waals surface area contributed by atoms with Gasteiger partial charge in [0.25, 0.3) is 5.56 Å². The summed E-state index contributed by atoms with van der Waals surface area (Å²) in [5, 5.41) is 11.6. The predicted octanol–water partition coefficient (Wildman–Crippen LogP) is 2.22. The first-order chi connectivity index (χ1) is 9.90. The number of aryl methyl sites for hydroxylation is 1. The van der Waals surface area contributed by atoms with Crippen molar-refractivity contribution < 1.29 is 0 Å². The molecule has 2 aromatic heterocycles. The number of rotatable bonds is 5. The van der Waals surface area contributed by atoms with Crippen LogP contribution < -0.4 is 10.9 Å². The van der Waals surface area contributed by atoms with Gasteiger partial charge in [-0.2, -0.15) is 0 Å². The maximum Gasteiger partial charge on any atom is 0.250 e. The van der Waals surface area contributed by atoms with Crippen molar-refractivity contribution >= 4 is 5.69 Å². The highest BCUT2D eigenvalue weighted by molar-refractivity contribution is 5.40. The molecule has 2 rings (SSSR count). The van der Waals surface area contributed by atoms with Crippen molar-refractivity contribution in [2.24, 2.45) is 0 Å². The summed E-state index contributed by atoms with van der Waals surface area (Å²) in [4.78, 5) is 11.7. The molecule has 0 radical (unpaired) electrons. The van der Waals surface area contributed by atoms with E-state index in [2.05, 4.69) is 43.3 Å². The third-order valence-corrected chi connectivity index (χ3v) is 3.15. The molecular formula is C15H23N5O. The number of pyridine rings is 1. The molecule has 21 heavy (non-hydrogen) atoms. The summed E-state index contributed by atoms with van der Waals surface area (Å²) in [6, 6.07) is 3.38. The summed E-state index contributed by atoms with van der Waals surface area (Å²) in [5.41, 5.74) is 1.74. The molecule has 6 heteroatoms. The van der Waals surface area contributed by atoms with Gasteiger partial charge in [-0.1, -0.05) is 12.1 Å². The number of nitrogens with one attached hydrogen (secondary N) is 1. The van der Waals surface area contributed by atoms with Crippen LogP contribution in [0, 0.1) is 0 Å². The van der Waals surface area contributed by atoms with Crippen LogP contribution in [0.5, 0.6) is 0 Å². The summed E-state index contributed by atoms with van der Waals surface area (Å²) in [7, 11) is 0. The predicted molar refractivity (Wildman–Crippen MR) is 83.3 cm³/mol. The van der Waals surface area contributed by atoms with Gasteiger partial charge in [-0.15, -0.1) is 5.10 Å². The summed E-state index contributed by atoms with van der Waals surface area (Å²) in [6.45, 7) is 9.62. The Labute approximate surface area is 124 Å². The lowest BCUT2D eigenvalue weighted by Gasteiger charge is -2.17. The van der Waals surface area contributed by atoms with Crippen LogP contribution in [0.1, 0.15) is 39.8 Å². The largest absolute Gasteiger partial charge is 0.378 e. The molecule has 0 aliphatic rings. The van der Waals surface area contributed by atoms with Crippen molar-refractivity contribution in [3.05, 3.63) is 40.6 Å². The van der Waals surface area contributed by atoms with E-state index in [4.69, 9.17) is 0 Å². The van der Waals surface area contributed by atoms with Crippen molar-refractivity contribution in [1.29, 1.82) is 0 Å². The maximum atomic E-state index is 11.7. The van der Waals surface area contributed by atoms with Gasteiger partial charge in [-0.3, -0.25) is 4.79 Å². The Kier molecular flexibility index (Phi) is 4.45. The summed E-state index contributed by atoms with van der Waals surface area (Å²) in [5.74, 6) is 0. The SMILES string of the molecule is CCCn1cc(NCc2cn(C(C)(C)C)nn2)ccc1=O. The third-order valence-electron chi connectivity index (χ3n) is 3.15. The van der Waals surface area contributed by atoms with E-state index in [-0.39, 0.29) is 11.1 Å². The van der Waals surface area contributed by atoms with Crippen LogP contribution in [-0.4, -0.2) is 19.6 Å². The van der Waals surface area contributed by atoms with Gasteiger partial charge in [0.2, 0.25) is 0 Å². The van der Waals surface area contributed by atoms with Gasteiger partial charge in [-0.25, -0.2) is 4.68 Å². The molecule has 6 nitrogen and oxygen atoms in total. The van der Waals surface area contributed by atoms with Crippen LogP contribution in [-0.2, 0) is 18.6 Å². The minimum atomic E-state index is -0.0698. The zero-order chi connectivity index (χ0) is 15.5. The molecule has 2 heterocycles. The highest BCUT2D eigenvalue weighted by Crippen LogP contribution is 2.12. The smallest absolute Gasteiger partial charge is 0.250 e. The van der Waals surface area contributed by atoms with E-state index in [1.165, 1.54) is 0 Å². The first-order valence-electron chi connectivity index (χ1n) is 7.26. The standard InChI is InChI=1S/C15H23N5O/c1-5-8-19-10-12(6-7-14(19)21)16-9-13-11-20(18-17-13)15(2,3)4/h6-7,10-11,16H,5,8-9H2,1-4H3. The molecule has 0 saturated heterocycles. The van der Waals surface area contributed by atoms with Gasteiger partial charge < -0.3 is 9.88 Å². The molecule has 0 atom stereocenters. The molecule has 0 bridgehead atoms. The zero-order valence-corrected chi connectivity index (χ0v) is 13.1. The van der Waals surface area contributed by atoms with Crippen molar-refractivity contribution in [3.63, 3.8) is 0 Å². The van der Waals surface area contributed by atoms with Crippen molar-refractivity contribution in [1.82, 2.24) is 19.6 Å². The van der Waals surface area contributed by atoms with Crippen LogP contribution >= 0.6 is 0 Å². The Morgan fingerprint density at radius 1 is 1.24 bits per heavy atom. The molecule has 0 aliphatic heterocycles. The van der Waals surface area contributed by atoms with Crippen LogP contribution in [0.3, 0.4) is 0 Å². The van der Waals surface area contributed by atoms with Crippen LogP contribution in [0.2, 0.25) is 0 Å². The number of nitrogens with zero attached hydrogens (tertiary/aromatic N) is 4. The molecular weight excluding hydrogens is 266 g/mol. The fourth-order valence-electron chi connectivity index (χ4n) is 1.95. The van der Waals surface area contributed by atoms with Crippen molar-refractivity contribution in [3.8, 4) is 0 Å². The molecule has 0 saturated carbocycles. The number of anilines is 1. The first kappa shape index (κ1) is 15.3. The number of aromatic nitrogens is 4. The quantitative estimate of drug-likeness (QED) is 0.916. The number of hydrogen-bond donors (Lipinski definition) is 1. The van der Waals surface area contributed by atoms with Gasteiger partial charge >= 0.3 is 0 Å². The van der Waals surface area contributed by atoms with E-state index in [0.29, 0.717) is 6.54 Å². The molecule has 0 aromatic carbocycles. The first-order valence-corrected chi connectivity index (χ1v) is 7.26. The molecule has 0 amide bonds. The van der Waals surface area contributed by atoms with E-state index in [9.17, 15) is 4.79 Å². The van der Waals surface area contributed by atoms with Crippen LogP contribution in [0.15, 0.2) is 29.3 Å². The molecule has 0 spiro atoms. The highest BCUT2D eigenvalue weighted by atomic mass is 16.1. The monoisotopic (exact) mass is 289 g/mol. The fraction of sp³-hybridized carbons (Fsp3) is 0.533. The topological polar surface area (TPSA) is 64.7 Å².